The third-order valence-electron chi connectivity index (χ3n) is 2.70. The molecule has 0 unspecified atom stereocenters. The minimum absolute atomic E-state index is 0.0766. The van der Waals surface area contributed by atoms with Crippen LogP contribution in [-0.4, -0.2) is 18.4 Å². The summed E-state index contributed by atoms with van der Waals surface area (Å²) in [5.41, 5.74) is 5.54. The van der Waals surface area contributed by atoms with Crippen LogP contribution < -0.4 is 10.6 Å². The van der Waals surface area contributed by atoms with Gasteiger partial charge < -0.3 is 10.6 Å². The standard InChI is InChI=1S/C15H21FN2O2/c1-15(2,3)10-14(20)18(9-8-13(17)19)12-6-4-11(16)5-7-12/h4-7H,8-10H2,1-3H3,(H2,17,19). The van der Waals surface area contributed by atoms with E-state index in [1.165, 1.54) is 29.2 Å². The molecule has 0 fully saturated rings. The zero-order valence-electron chi connectivity index (χ0n) is 12.1. The summed E-state index contributed by atoms with van der Waals surface area (Å²) >= 11 is 0. The molecule has 5 heteroatoms. The Bertz CT molecular complexity index is 478. The van der Waals surface area contributed by atoms with E-state index in [4.69, 9.17) is 5.73 Å². The minimum Gasteiger partial charge on any atom is -0.370 e. The number of carbonyl (C=O) groups excluding carboxylic acids is 2. The fourth-order valence-electron chi connectivity index (χ4n) is 1.79. The summed E-state index contributed by atoms with van der Waals surface area (Å²) in [6.45, 7) is 6.08. The molecule has 1 rings (SSSR count). The molecule has 0 aliphatic carbocycles. The van der Waals surface area contributed by atoms with Crippen LogP contribution in [0.5, 0.6) is 0 Å². The fraction of sp³-hybridized carbons (Fsp3) is 0.467. The summed E-state index contributed by atoms with van der Waals surface area (Å²) < 4.78 is 13.0. The maximum absolute atomic E-state index is 13.0. The van der Waals surface area contributed by atoms with Gasteiger partial charge in [-0.1, -0.05) is 20.8 Å². The Balaban J connectivity index is 2.92. The molecule has 2 amide bonds. The summed E-state index contributed by atoms with van der Waals surface area (Å²) in [5, 5.41) is 0. The summed E-state index contributed by atoms with van der Waals surface area (Å²) in [4.78, 5) is 24.7. The lowest BCUT2D eigenvalue weighted by Crippen LogP contribution is -2.36. The number of nitrogens with zero attached hydrogens (tertiary/aromatic N) is 1. The molecule has 1 aromatic carbocycles. The van der Waals surface area contributed by atoms with Crippen LogP contribution in [0.15, 0.2) is 24.3 Å². The zero-order chi connectivity index (χ0) is 15.3. The maximum Gasteiger partial charge on any atom is 0.227 e. The monoisotopic (exact) mass is 280 g/mol. The van der Waals surface area contributed by atoms with Crippen LogP contribution in [0.3, 0.4) is 0 Å². The molecule has 0 spiro atoms. The summed E-state index contributed by atoms with van der Waals surface area (Å²) in [5.74, 6) is -0.946. The van der Waals surface area contributed by atoms with Crippen molar-refractivity contribution in [3.05, 3.63) is 30.1 Å². The van der Waals surface area contributed by atoms with E-state index in [1.54, 1.807) is 0 Å². The van der Waals surface area contributed by atoms with Gasteiger partial charge in [-0.15, -0.1) is 0 Å². The number of primary amides is 1. The van der Waals surface area contributed by atoms with Crippen molar-refractivity contribution in [1.82, 2.24) is 0 Å². The normalized spacial score (nSPS) is 11.2. The Morgan fingerprint density at radius 2 is 1.75 bits per heavy atom. The van der Waals surface area contributed by atoms with Gasteiger partial charge in [0.2, 0.25) is 11.8 Å². The third-order valence-corrected chi connectivity index (χ3v) is 2.70. The number of nitrogens with two attached hydrogens (primary N) is 1. The van der Waals surface area contributed by atoms with Gasteiger partial charge in [0, 0.05) is 25.1 Å². The molecule has 0 aliphatic heterocycles. The van der Waals surface area contributed by atoms with Gasteiger partial charge >= 0.3 is 0 Å². The van der Waals surface area contributed by atoms with Gasteiger partial charge in [0.05, 0.1) is 0 Å². The lowest BCUT2D eigenvalue weighted by Gasteiger charge is -2.26. The van der Waals surface area contributed by atoms with Crippen LogP contribution in [0.25, 0.3) is 0 Å². The van der Waals surface area contributed by atoms with E-state index in [-0.39, 0.29) is 30.1 Å². The molecule has 2 N–H and O–H groups in total. The molecule has 0 aromatic heterocycles. The van der Waals surface area contributed by atoms with Crippen LogP contribution in [0.2, 0.25) is 0 Å². The molecule has 0 radical (unpaired) electrons. The van der Waals surface area contributed by atoms with E-state index in [0.29, 0.717) is 12.1 Å². The SMILES string of the molecule is CC(C)(C)CC(=O)N(CCC(N)=O)c1ccc(F)cc1. The van der Waals surface area contributed by atoms with Gasteiger partial charge in [-0.2, -0.15) is 0 Å². The second kappa shape index (κ2) is 6.50. The lowest BCUT2D eigenvalue weighted by atomic mass is 9.91. The van der Waals surface area contributed by atoms with Crippen LogP contribution in [0.1, 0.15) is 33.6 Å². The van der Waals surface area contributed by atoms with E-state index in [1.807, 2.05) is 20.8 Å². The molecule has 0 bridgehead atoms. The van der Waals surface area contributed by atoms with Crippen molar-refractivity contribution < 1.29 is 14.0 Å². The Morgan fingerprint density at radius 3 is 2.20 bits per heavy atom. The predicted octanol–water partition coefficient (Wildman–Crippen LogP) is 2.47. The molecule has 1 aromatic rings. The Hall–Kier alpha value is -1.91. The second-order valence-corrected chi connectivity index (χ2v) is 5.98. The van der Waals surface area contributed by atoms with E-state index in [2.05, 4.69) is 0 Å². The minimum atomic E-state index is -0.472. The molecule has 0 saturated heterocycles. The molecule has 4 nitrogen and oxygen atoms in total. The van der Waals surface area contributed by atoms with Crippen LogP contribution in [-0.2, 0) is 9.59 Å². The van der Waals surface area contributed by atoms with Gasteiger partial charge in [-0.05, 0) is 29.7 Å². The number of amides is 2. The molecular formula is C15H21FN2O2. The first-order valence-corrected chi connectivity index (χ1v) is 6.53. The number of anilines is 1. The molecule has 20 heavy (non-hydrogen) atoms. The largest absolute Gasteiger partial charge is 0.370 e. The highest BCUT2D eigenvalue weighted by Gasteiger charge is 2.22. The van der Waals surface area contributed by atoms with Gasteiger partial charge in [0.25, 0.3) is 0 Å². The number of hydrogen-bond donors (Lipinski definition) is 1. The van der Waals surface area contributed by atoms with Gasteiger partial charge in [0.15, 0.2) is 0 Å². The average Bonchev–Trinajstić information content (AvgIpc) is 2.29. The van der Waals surface area contributed by atoms with Gasteiger partial charge in [-0.25, -0.2) is 4.39 Å². The zero-order valence-corrected chi connectivity index (χ0v) is 12.1. The highest BCUT2D eigenvalue weighted by Crippen LogP contribution is 2.23. The van der Waals surface area contributed by atoms with Crippen molar-refractivity contribution in [3.8, 4) is 0 Å². The highest BCUT2D eigenvalue weighted by molar-refractivity contribution is 5.94. The lowest BCUT2D eigenvalue weighted by molar-refractivity contribution is -0.120. The van der Waals surface area contributed by atoms with E-state index < -0.39 is 5.91 Å². The molecule has 0 aliphatic rings. The Kier molecular flexibility index (Phi) is 5.25. The second-order valence-electron chi connectivity index (χ2n) is 5.98. The van der Waals surface area contributed by atoms with Crippen LogP contribution in [0.4, 0.5) is 10.1 Å². The van der Waals surface area contributed by atoms with E-state index in [9.17, 15) is 14.0 Å². The third kappa shape index (κ3) is 5.38. The Labute approximate surface area is 118 Å². The molecule has 0 atom stereocenters. The number of halogens is 1. The van der Waals surface area contributed by atoms with Crippen molar-refractivity contribution in [3.63, 3.8) is 0 Å². The number of carbonyl (C=O) groups is 2. The summed E-state index contributed by atoms with van der Waals surface area (Å²) in [7, 11) is 0. The number of rotatable bonds is 5. The first-order chi connectivity index (χ1) is 9.19. The molecule has 0 saturated carbocycles. The fourth-order valence-corrected chi connectivity index (χ4v) is 1.79. The molecule has 0 heterocycles. The number of hydrogen-bond acceptors (Lipinski definition) is 2. The Morgan fingerprint density at radius 1 is 1.20 bits per heavy atom. The summed E-state index contributed by atoms with van der Waals surface area (Å²) in [6, 6.07) is 5.63. The van der Waals surface area contributed by atoms with E-state index in [0.717, 1.165) is 0 Å². The number of benzene rings is 1. The maximum atomic E-state index is 13.0. The molecular weight excluding hydrogens is 259 g/mol. The topological polar surface area (TPSA) is 63.4 Å². The van der Waals surface area contributed by atoms with Crippen molar-refractivity contribution in [1.29, 1.82) is 0 Å². The first-order valence-electron chi connectivity index (χ1n) is 6.53. The van der Waals surface area contributed by atoms with Crippen molar-refractivity contribution in [2.24, 2.45) is 11.1 Å². The average molecular weight is 280 g/mol. The van der Waals surface area contributed by atoms with Crippen molar-refractivity contribution in [2.45, 2.75) is 33.6 Å². The predicted molar refractivity (Wildman–Crippen MR) is 76.6 cm³/mol. The molecule has 110 valence electrons. The van der Waals surface area contributed by atoms with Crippen molar-refractivity contribution >= 4 is 17.5 Å². The van der Waals surface area contributed by atoms with E-state index >= 15 is 0 Å². The highest BCUT2D eigenvalue weighted by atomic mass is 19.1. The first kappa shape index (κ1) is 16.1. The quantitative estimate of drug-likeness (QED) is 0.900. The van der Waals surface area contributed by atoms with Crippen LogP contribution >= 0.6 is 0 Å². The van der Waals surface area contributed by atoms with Crippen LogP contribution in [0, 0.1) is 11.2 Å². The summed E-state index contributed by atoms with van der Waals surface area (Å²) in [6.07, 6.45) is 0.413. The smallest absolute Gasteiger partial charge is 0.227 e. The van der Waals surface area contributed by atoms with Crippen molar-refractivity contribution in [2.75, 3.05) is 11.4 Å². The van der Waals surface area contributed by atoms with Gasteiger partial charge in [0.1, 0.15) is 5.82 Å². The van der Waals surface area contributed by atoms with Gasteiger partial charge in [-0.3, -0.25) is 9.59 Å².